The number of halogens is 3. The molecular formula is C11H20F3N3. The average Bonchev–Trinajstić information content (AvgIpc) is 2.15. The van der Waals surface area contributed by atoms with Gasteiger partial charge in [0.15, 0.2) is 0 Å². The Morgan fingerprint density at radius 2 is 1.94 bits per heavy atom. The number of rotatable bonds is 6. The minimum absolute atomic E-state index is 0.319. The maximum atomic E-state index is 12.2. The third-order valence-corrected chi connectivity index (χ3v) is 2.70. The van der Waals surface area contributed by atoms with E-state index in [1.54, 1.807) is 13.8 Å². The molecule has 100 valence electrons. The maximum Gasteiger partial charge on any atom is 0.401 e. The van der Waals surface area contributed by atoms with E-state index in [2.05, 4.69) is 11.4 Å². The minimum Gasteiger partial charge on any atom is -0.300 e. The van der Waals surface area contributed by atoms with Crippen molar-refractivity contribution >= 4 is 0 Å². The van der Waals surface area contributed by atoms with Crippen LogP contribution in [0.4, 0.5) is 13.2 Å². The third kappa shape index (κ3) is 6.49. The molecule has 2 atom stereocenters. The molecule has 0 aromatic heterocycles. The van der Waals surface area contributed by atoms with Crippen LogP contribution in [-0.4, -0.2) is 42.8 Å². The highest BCUT2D eigenvalue weighted by Crippen LogP contribution is 2.20. The molecule has 2 unspecified atom stereocenters. The Labute approximate surface area is 101 Å². The molecule has 0 aliphatic rings. The predicted octanol–water partition coefficient (Wildman–Crippen LogP) is 2.15. The number of nitriles is 1. The summed E-state index contributed by atoms with van der Waals surface area (Å²) in [7, 11) is 1.42. The van der Waals surface area contributed by atoms with Crippen molar-refractivity contribution in [3.05, 3.63) is 0 Å². The van der Waals surface area contributed by atoms with Crippen molar-refractivity contribution in [1.82, 2.24) is 10.2 Å². The van der Waals surface area contributed by atoms with Gasteiger partial charge in [-0.05, 0) is 33.9 Å². The monoisotopic (exact) mass is 251 g/mol. The quantitative estimate of drug-likeness (QED) is 0.786. The molecule has 0 fully saturated rings. The summed E-state index contributed by atoms with van der Waals surface area (Å²) in [6, 6.07) is 1.79. The molecule has 0 heterocycles. The van der Waals surface area contributed by atoms with E-state index in [-0.39, 0.29) is 6.04 Å². The van der Waals surface area contributed by atoms with E-state index in [0.717, 1.165) is 0 Å². The lowest BCUT2D eigenvalue weighted by atomic mass is 9.94. The normalized spacial score (nSPS) is 17.6. The molecule has 0 aromatic carbocycles. The summed E-state index contributed by atoms with van der Waals surface area (Å²) in [6.45, 7) is 4.91. The van der Waals surface area contributed by atoms with Gasteiger partial charge in [0.25, 0.3) is 0 Å². The Morgan fingerprint density at radius 3 is 2.29 bits per heavy atom. The van der Waals surface area contributed by atoms with Crippen molar-refractivity contribution in [3.63, 3.8) is 0 Å². The van der Waals surface area contributed by atoms with Crippen LogP contribution in [0.3, 0.4) is 0 Å². The highest BCUT2D eigenvalue weighted by atomic mass is 19.4. The Bertz CT molecular complexity index is 272. The highest BCUT2D eigenvalue weighted by molar-refractivity contribution is 5.05. The summed E-state index contributed by atoms with van der Waals surface area (Å²) in [5.41, 5.74) is -0.784. The smallest absolute Gasteiger partial charge is 0.300 e. The molecule has 0 aromatic rings. The Hall–Kier alpha value is -0.800. The van der Waals surface area contributed by atoms with Gasteiger partial charge in [-0.3, -0.25) is 10.2 Å². The fourth-order valence-corrected chi connectivity index (χ4v) is 1.73. The fourth-order valence-electron chi connectivity index (χ4n) is 1.73. The SMILES string of the molecule is CCNC(C)(C#N)CC(C)N(C)CC(F)(F)F. The Balaban J connectivity index is 4.42. The standard InChI is InChI=1S/C11H20F3N3/c1-5-16-10(3,7-15)6-9(2)17(4)8-11(12,13)14/h9,16H,5-6,8H2,1-4H3. The van der Waals surface area contributed by atoms with Crippen molar-refractivity contribution in [3.8, 4) is 6.07 Å². The summed E-state index contributed by atoms with van der Waals surface area (Å²) >= 11 is 0. The zero-order chi connectivity index (χ0) is 13.7. The van der Waals surface area contributed by atoms with Gasteiger partial charge in [0.1, 0.15) is 5.54 Å². The predicted molar refractivity (Wildman–Crippen MR) is 60.5 cm³/mol. The van der Waals surface area contributed by atoms with Crippen LogP contribution in [0, 0.1) is 11.3 Å². The van der Waals surface area contributed by atoms with E-state index in [4.69, 9.17) is 5.26 Å². The van der Waals surface area contributed by atoms with Crippen molar-refractivity contribution in [1.29, 1.82) is 5.26 Å². The van der Waals surface area contributed by atoms with Gasteiger partial charge < -0.3 is 0 Å². The number of hydrogen-bond acceptors (Lipinski definition) is 3. The van der Waals surface area contributed by atoms with E-state index in [1.165, 1.54) is 11.9 Å². The van der Waals surface area contributed by atoms with Crippen LogP contribution in [0.15, 0.2) is 0 Å². The summed E-state index contributed by atoms with van der Waals surface area (Å²) in [5.74, 6) is 0. The zero-order valence-corrected chi connectivity index (χ0v) is 10.7. The maximum absolute atomic E-state index is 12.2. The van der Waals surface area contributed by atoms with E-state index in [1.807, 2.05) is 6.92 Å². The molecule has 0 rings (SSSR count). The van der Waals surface area contributed by atoms with Crippen molar-refractivity contribution < 1.29 is 13.2 Å². The van der Waals surface area contributed by atoms with Crippen molar-refractivity contribution in [2.45, 2.75) is 44.9 Å². The first-order valence-electron chi connectivity index (χ1n) is 5.57. The summed E-state index contributed by atoms with van der Waals surface area (Å²) < 4.78 is 36.6. The number of hydrogen-bond donors (Lipinski definition) is 1. The topological polar surface area (TPSA) is 39.1 Å². The lowest BCUT2D eigenvalue weighted by Crippen LogP contribution is -2.47. The third-order valence-electron chi connectivity index (χ3n) is 2.70. The van der Waals surface area contributed by atoms with Gasteiger partial charge in [-0.1, -0.05) is 6.92 Å². The van der Waals surface area contributed by atoms with Gasteiger partial charge in [0.2, 0.25) is 0 Å². The molecule has 0 radical (unpaired) electrons. The first kappa shape index (κ1) is 16.2. The van der Waals surface area contributed by atoms with Gasteiger partial charge in [-0.2, -0.15) is 18.4 Å². The second kappa shape index (κ2) is 6.22. The summed E-state index contributed by atoms with van der Waals surface area (Å²) in [5, 5.41) is 12.0. The highest BCUT2D eigenvalue weighted by Gasteiger charge is 2.33. The van der Waals surface area contributed by atoms with E-state index in [9.17, 15) is 13.2 Å². The van der Waals surface area contributed by atoms with Crippen LogP contribution in [0.25, 0.3) is 0 Å². The molecule has 0 spiro atoms. The van der Waals surface area contributed by atoms with Crippen LogP contribution in [-0.2, 0) is 0 Å². The van der Waals surface area contributed by atoms with Crippen LogP contribution < -0.4 is 5.32 Å². The molecule has 0 saturated heterocycles. The Morgan fingerprint density at radius 1 is 1.41 bits per heavy atom. The van der Waals surface area contributed by atoms with Gasteiger partial charge >= 0.3 is 6.18 Å². The van der Waals surface area contributed by atoms with Crippen LogP contribution in [0.1, 0.15) is 27.2 Å². The molecule has 6 heteroatoms. The molecule has 3 nitrogen and oxygen atoms in total. The van der Waals surface area contributed by atoms with Crippen LogP contribution in [0.5, 0.6) is 0 Å². The molecule has 0 saturated carbocycles. The van der Waals surface area contributed by atoms with E-state index >= 15 is 0 Å². The molecule has 0 bridgehead atoms. The number of nitrogens with one attached hydrogen (secondary N) is 1. The second-order valence-electron chi connectivity index (χ2n) is 4.56. The minimum atomic E-state index is -4.20. The second-order valence-corrected chi connectivity index (χ2v) is 4.56. The Kier molecular flexibility index (Phi) is 5.93. The fraction of sp³-hybridized carbons (Fsp3) is 0.909. The zero-order valence-electron chi connectivity index (χ0n) is 10.7. The lowest BCUT2D eigenvalue weighted by molar-refractivity contribution is -0.147. The number of nitrogens with zero attached hydrogens (tertiary/aromatic N) is 2. The molecule has 0 aliphatic carbocycles. The van der Waals surface area contributed by atoms with E-state index < -0.39 is 18.3 Å². The van der Waals surface area contributed by atoms with Crippen molar-refractivity contribution in [2.24, 2.45) is 0 Å². The van der Waals surface area contributed by atoms with Crippen LogP contribution >= 0.6 is 0 Å². The first-order valence-corrected chi connectivity index (χ1v) is 5.57. The lowest BCUT2D eigenvalue weighted by Gasteiger charge is -2.32. The van der Waals surface area contributed by atoms with Crippen molar-refractivity contribution in [2.75, 3.05) is 20.1 Å². The summed E-state index contributed by atoms with van der Waals surface area (Å²) in [6.07, 6.45) is -3.85. The van der Waals surface area contributed by atoms with Crippen LogP contribution in [0.2, 0.25) is 0 Å². The summed E-state index contributed by atoms with van der Waals surface area (Å²) in [4.78, 5) is 1.22. The van der Waals surface area contributed by atoms with Gasteiger partial charge in [0.05, 0.1) is 12.6 Å². The molecular weight excluding hydrogens is 231 g/mol. The largest absolute Gasteiger partial charge is 0.401 e. The van der Waals surface area contributed by atoms with Gasteiger partial charge in [-0.25, -0.2) is 0 Å². The molecule has 0 aliphatic heterocycles. The van der Waals surface area contributed by atoms with Gasteiger partial charge in [0, 0.05) is 6.04 Å². The number of alkyl halides is 3. The molecule has 0 amide bonds. The molecule has 17 heavy (non-hydrogen) atoms. The first-order chi connectivity index (χ1) is 7.63. The average molecular weight is 251 g/mol. The molecule has 1 N–H and O–H groups in total. The van der Waals surface area contributed by atoms with E-state index in [0.29, 0.717) is 13.0 Å². The van der Waals surface area contributed by atoms with Gasteiger partial charge in [-0.15, -0.1) is 0 Å².